The van der Waals surface area contributed by atoms with Gasteiger partial charge >= 0.3 is 6.03 Å². The zero-order valence-corrected chi connectivity index (χ0v) is 12.7. The Hall–Kier alpha value is -1.98. The minimum absolute atomic E-state index is 0.0407. The molecular formula is C15H24N4O2. The van der Waals surface area contributed by atoms with E-state index in [9.17, 15) is 9.59 Å². The van der Waals surface area contributed by atoms with Crippen LogP contribution in [0.5, 0.6) is 0 Å². The number of hydrogen-bond acceptors (Lipinski definition) is 2. The SMILES string of the molecule is CCNC(=O)N1CCC(NC(=O)CC(C)n2cccc2)C1. The minimum atomic E-state index is -0.0463. The molecule has 6 nitrogen and oxygen atoms in total. The Balaban J connectivity index is 1.75. The summed E-state index contributed by atoms with van der Waals surface area (Å²) in [6.45, 7) is 5.84. The predicted molar refractivity (Wildman–Crippen MR) is 81.0 cm³/mol. The van der Waals surface area contributed by atoms with Crippen molar-refractivity contribution in [3.63, 3.8) is 0 Å². The molecule has 2 N–H and O–H groups in total. The molecule has 0 radical (unpaired) electrons. The van der Waals surface area contributed by atoms with Crippen molar-refractivity contribution >= 4 is 11.9 Å². The van der Waals surface area contributed by atoms with E-state index in [1.165, 1.54) is 0 Å². The van der Waals surface area contributed by atoms with Gasteiger partial charge in [-0.05, 0) is 32.4 Å². The van der Waals surface area contributed by atoms with Crippen molar-refractivity contribution < 1.29 is 9.59 Å². The number of aromatic nitrogens is 1. The maximum absolute atomic E-state index is 12.1. The topological polar surface area (TPSA) is 66.4 Å². The number of nitrogens with zero attached hydrogens (tertiary/aromatic N) is 2. The first-order chi connectivity index (χ1) is 10.1. The molecule has 1 fully saturated rings. The second-order valence-corrected chi connectivity index (χ2v) is 5.52. The van der Waals surface area contributed by atoms with Crippen LogP contribution in [-0.2, 0) is 4.79 Å². The van der Waals surface area contributed by atoms with E-state index in [0.717, 1.165) is 6.42 Å². The zero-order valence-electron chi connectivity index (χ0n) is 12.7. The summed E-state index contributed by atoms with van der Waals surface area (Å²) in [4.78, 5) is 25.5. The first kappa shape index (κ1) is 15.4. The lowest BCUT2D eigenvalue weighted by Crippen LogP contribution is -2.42. The van der Waals surface area contributed by atoms with Crippen molar-refractivity contribution in [3.8, 4) is 0 Å². The number of carbonyl (C=O) groups excluding carboxylic acids is 2. The Labute approximate surface area is 125 Å². The minimum Gasteiger partial charge on any atom is -0.351 e. The fourth-order valence-corrected chi connectivity index (χ4v) is 2.63. The second-order valence-electron chi connectivity index (χ2n) is 5.52. The van der Waals surface area contributed by atoms with E-state index in [1.807, 2.05) is 42.9 Å². The van der Waals surface area contributed by atoms with Crippen molar-refractivity contribution in [3.05, 3.63) is 24.5 Å². The van der Waals surface area contributed by atoms with Crippen LogP contribution in [0.25, 0.3) is 0 Å². The first-order valence-electron chi connectivity index (χ1n) is 7.54. The van der Waals surface area contributed by atoms with Gasteiger partial charge in [-0.25, -0.2) is 4.79 Å². The van der Waals surface area contributed by atoms with Crippen molar-refractivity contribution in [1.29, 1.82) is 0 Å². The molecule has 2 heterocycles. The Morgan fingerprint density at radius 2 is 2.05 bits per heavy atom. The molecular weight excluding hydrogens is 268 g/mol. The smallest absolute Gasteiger partial charge is 0.317 e. The molecule has 6 heteroatoms. The fourth-order valence-electron chi connectivity index (χ4n) is 2.63. The fraction of sp³-hybridized carbons (Fsp3) is 0.600. The molecule has 1 aromatic heterocycles. The molecule has 1 aliphatic rings. The molecule has 21 heavy (non-hydrogen) atoms. The molecule has 0 aromatic carbocycles. The van der Waals surface area contributed by atoms with Gasteiger partial charge in [-0.3, -0.25) is 4.79 Å². The highest BCUT2D eigenvalue weighted by Gasteiger charge is 2.27. The van der Waals surface area contributed by atoms with Gasteiger partial charge in [0.2, 0.25) is 5.91 Å². The summed E-state index contributed by atoms with van der Waals surface area (Å²) < 4.78 is 2.02. The summed E-state index contributed by atoms with van der Waals surface area (Å²) in [7, 11) is 0. The number of amides is 3. The normalized spacial score (nSPS) is 19.3. The van der Waals surface area contributed by atoms with E-state index in [0.29, 0.717) is 26.1 Å². The van der Waals surface area contributed by atoms with E-state index >= 15 is 0 Å². The molecule has 0 aliphatic carbocycles. The molecule has 1 aromatic rings. The third-order valence-corrected chi connectivity index (χ3v) is 3.79. The summed E-state index contributed by atoms with van der Waals surface area (Å²) in [6.07, 6.45) is 5.20. The molecule has 2 rings (SSSR count). The van der Waals surface area contributed by atoms with Gasteiger partial charge in [0.15, 0.2) is 0 Å². The van der Waals surface area contributed by atoms with Crippen LogP contribution in [0.3, 0.4) is 0 Å². The van der Waals surface area contributed by atoms with Gasteiger partial charge in [-0.2, -0.15) is 0 Å². The number of nitrogens with one attached hydrogen (secondary N) is 2. The molecule has 2 atom stereocenters. The lowest BCUT2D eigenvalue weighted by atomic mass is 10.2. The van der Waals surface area contributed by atoms with Crippen LogP contribution >= 0.6 is 0 Å². The van der Waals surface area contributed by atoms with Crippen LogP contribution < -0.4 is 10.6 Å². The maximum atomic E-state index is 12.1. The number of likely N-dealkylation sites (tertiary alicyclic amines) is 1. The summed E-state index contributed by atoms with van der Waals surface area (Å²) in [5, 5.41) is 5.81. The maximum Gasteiger partial charge on any atom is 0.317 e. The van der Waals surface area contributed by atoms with Crippen molar-refractivity contribution in [1.82, 2.24) is 20.1 Å². The van der Waals surface area contributed by atoms with Gasteiger partial charge in [0.05, 0.1) is 0 Å². The van der Waals surface area contributed by atoms with Crippen LogP contribution in [0, 0.1) is 0 Å². The molecule has 0 spiro atoms. The number of carbonyl (C=O) groups is 2. The number of urea groups is 1. The van der Waals surface area contributed by atoms with Crippen molar-refractivity contribution in [2.24, 2.45) is 0 Å². The third kappa shape index (κ3) is 4.24. The predicted octanol–water partition coefficient (Wildman–Crippen LogP) is 1.36. The Morgan fingerprint density at radius 3 is 2.71 bits per heavy atom. The van der Waals surface area contributed by atoms with E-state index in [-0.39, 0.29) is 24.0 Å². The number of hydrogen-bond donors (Lipinski definition) is 2. The summed E-state index contributed by atoms with van der Waals surface area (Å²) >= 11 is 0. The molecule has 1 aliphatic heterocycles. The Morgan fingerprint density at radius 1 is 1.33 bits per heavy atom. The van der Waals surface area contributed by atoms with Gasteiger partial charge in [-0.15, -0.1) is 0 Å². The van der Waals surface area contributed by atoms with Crippen LogP contribution in [0.15, 0.2) is 24.5 Å². The largest absolute Gasteiger partial charge is 0.351 e. The summed E-state index contributed by atoms with van der Waals surface area (Å²) in [5.74, 6) is 0.0407. The molecule has 0 saturated carbocycles. The van der Waals surface area contributed by atoms with Crippen LogP contribution in [-0.4, -0.2) is 47.1 Å². The molecule has 1 saturated heterocycles. The molecule has 3 amide bonds. The average molecular weight is 292 g/mol. The first-order valence-corrected chi connectivity index (χ1v) is 7.54. The Kier molecular flexibility index (Phi) is 5.25. The average Bonchev–Trinajstić information content (AvgIpc) is 3.09. The van der Waals surface area contributed by atoms with Gasteiger partial charge < -0.3 is 20.1 Å². The van der Waals surface area contributed by atoms with Gasteiger partial charge in [-0.1, -0.05) is 0 Å². The lowest BCUT2D eigenvalue weighted by molar-refractivity contribution is -0.122. The highest BCUT2D eigenvalue weighted by atomic mass is 16.2. The summed E-state index contributed by atoms with van der Waals surface area (Å²) in [5.41, 5.74) is 0. The van der Waals surface area contributed by atoms with E-state index in [1.54, 1.807) is 4.90 Å². The quantitative estimate of drug-likeness (QED) is 0.860. The van der Waals surface area contributed by atoms with E-state index in [4.69, 9.17) is 0 Å². The van der Waals surface area contributed by atoms with Crippen molar-refractivity contribution in [2.45, 2.75) is 38.8 Å². The highest BCUT2D eigenvalue weighted by Crippen LogP contribution is 2.13. The molecule has 0 bridgehead atoms. The van der Waals surface area contributed by atoms with Gasteiger partial charge in [0.25, 0.3) is 0 Å². The Bertz CT molecular complexity index is 472. The van der Waals surface area contributed by atoms with Crippen LogP contribution in [0.4, 0.5) is 4.79 Å². The van der Waals surface area contributed by atoms with E-state index in [2.05, 4.69) is 10.6 Å². The zero-order chi connectivity index (χ0) is 15.2. The third-order valence-electron chi connectivity index (χ3n) is 3.79. The van der Waals surface area contributed by atoms with Gasteiger partial charge in [0.1, 0.15) is 0 Å². The van der Waals surface area contributed by atoms with Crippen LogP contribution in [0.2, 0.25) is 0 Å². The second kappa shape index (κ2) is 7.15. The standard InChI is InChI=1S/C15H24N4O2/c1-3-16-15(21)19-9-6-13(11-19)17-14(20)10-12(2)18-7-4-5-8-18/h4-5,7-8,12-13H,3,6,9-11H2,1-2H3,(H,16,21)(H,17,20). The monoisotopic (exact) mass is 292 g/mol. The highest BCUT2D eigenvalue weighted by molar-refractivity contribution is 5.77. The molecule has 2 unspecified atom stereocenters. The molecule has 116 valence electrons. The van der Waals surface area contributed by atoms with Crippen LogP contribution in [0.1, 0.15) is 32.7 Å². The summed E-state index contributed by atoms with van der Waals surface area (Å²) in [6, 6.07) is 4.07. The number of rotatable bonds is 5. The lowest BCUT2D eigenvalue weighted by Gasteiger charge is -2.18. The van der Waals surface area contributed by atoms with Gasteiger partial charge in [0, 0.05) is 50.5 Å². The van der Waals surface area contributed by atoms with E-state index < -0.39 is 0 Å². The van der Waals surface area contributed by atoms with Crippen molar-refractivity contribution in [2.75, 3.05) is 19.6 Å².